The highest BCUT2D eigenvalue weighted by molar-refractivity contribution is 6.30. The summed E-state index contributed by atoms with van der Waals surface area (Å²) in [5.74, 6) is 0.585. The Morgan fingerprint density at radius 2 is 1.82 bits per heavy atom. The van der Waals surface area contributed by atoms with Crippen molar-refractivity contribution in [3.8, 4) is 0 Å². The van der Waals surface area contributed by atoms with E-state index in [1.807, 2.05) is 24.3 Å². The Morgan fingerprint density at radius 1 is 1.18 bits per heavy atom. The van der Waals surface area contributed by atoms with Crippen LogP contribution in [0.4, 0.5) is 0 Å². The molecule has 4 heteroatoms. The second kappa shape index (κ2) is 8.30. The Balaban J connectivity index is 2.04. The number of rotatable bonds is 7. The average Bonchev–Trinajstić information content (AvgIpc) is 2.53. The fourth-order valence-electron chi connectivity index (χ4n) is 2.87. The van der Waals surface area contributed by atoms with Crippen LogP contribution in [0.1, 0.15) is 38.7 Å². The number of hydrogen-bond acceptors (Lipinski definition) is 3. The van der Waals surface area contributed by atoms with E-state index in [1.54, 1.807) is 0 Å². The van der Waals surface area contributed by atoms with Crippen molar-refractivity contribution in [2.75, 3.05) is 32.8 Å². The predicted molar refractivity (Wildman–Crippen MR) is 91.3 cm³/mol. The van der Waals surface area contributed by atoms with E-state index in [4.69, 9.17) is 16.3 Å². The smallest absolute Gasteiger partial charge is 0.0908 e. The third-order valence-electron chi connectivity index (χ3n) is 4.46. The van der Waals surface area contributed by atoms with Gasteiger partial charge in [-0.25, -0.2) is 0 Å². The summed E-state index contributed by atoms with van der Waals surface area (Å²) in [6.07, 6.45) is 2.56. The average molecular weight is 326 g/mol. The lowest BCUT2D eigenvalue weighted by molar-refractivity contribution is -0.0128. The molecule has 1 aliphatic heterocycles. The maximum atomic E-state index is 11.3. The topological polar surface area (TPSA) is 32.7 Å². The van der Waals surface area contributed by atoms with Gasteiger partial charge in [0.15, 0.2) is 0 Å². The molecule has 3 nitrogen and oxygen atoms in total. The van der Waals surface area contributed by atoms with Crippen molar-refractivity contribution < 1.29 is 9.84 Å². The monoisotopic (exact) mass is 325 g/mol. The van der Waals surface area contributed by atoms with E-state index in [0.717, 1.165) is 57.7 Å². The molecular formula is C18H28ClNO2. The van der Waals surface area contributed by atoms with Crippen LogP contribution in [-0.4, -0.2) is 42.9 Å². The fraction of sp³-hybridized carbons (Fsp3) is 0.667. The highest BCUT2D eigenvalue weighted by Crippen LogP contribution is 2.32. The number of aliphatic hydroxyl groups is 1. The summed E-state index contributed by atoms with van der Waals surface area (Å²) < 4.78 is 5.39. The number of ether oxygens (including phenoxy) is 1. The van der Waals surface area contributed by atoms with Gasteiger partial charge >= 0.3 is 0 Å². The molecule has 0 aromatic heterocycles. The molecule has 0 bridgehead atoms. The SMILES string of the molecule is CC(C)CC[C@@](O)(CCN1CCOCC1)c1ccc(Cl)cc1. The van der Waals surface area contributed by atoms with E-state index in [-0.39, 0.29) is 0 Å². The molecule has 0 radical (unpaired) electrons. The minimum Gasteiger partial charge on any atom is -0.385 e. The second-order valence-electron chi connectivity index (χ2n) is 6.68. The van der Waals surface area contributed by atoms with Gasteiger partial charge in [-0.15, -0.1) is 0 Å². The zero-order chi connectivity index (χ0) is 16.0. The summed E-state index contributed by atoms with van der Waals surface area (Å²) in [5, 5.41) is 12.0. The predicted octanol–water partition coefficient (Wildman–Crippen LogP) is 3.69. The number of hydrogen-bond donors (Lipinski definition) is 1. The van der Waals surface area contributed by atoms with Crippen molar-refractivity contribution >= 4 is 11.6 Å². The normalized spacial score (nSPS) is 19.3. The van der Waals surface area contributed by atoms with E-state index in [2.05, 4.69) is 18.7 Å². The highest BCUT2D eigenvalue weighted by Gasteiger charge is 2.30. The molecule has 2 rings (SSSR count). The van der Waals surface area contributed by atoms with E-state index in [1.165, 1.54) is 0 Å². The van der Waals surface area contributed by atoms with Crippen LogP contribution >= 0.6 is 11.6 Å². The first-order valence-corrected chi connectivity index (χ1v) is 8.66. The highest BCUT2D eigenvalue weighted by atomic mass is 35.5. The molecule has 0 saturated carbocycles. The van der Waals surface area contributed by atoms with Gasteiger partial charge in [0.2, 0.25) is 0 Å². The summed E-state index contributed by atoms with van der Waals surface area (Å²) in [5.41, 5.74) is 0.207. The number of benzene rings is 1. The summed E-state index contributed by atoms with van der Waals surface area (Å²) in [6, 6.07) is 7.65. The number of nitrogens with zero attached hydrogens (tertiary/aromatic N) is 1. The van der Waals surface area contributed by atoms with Gasteiger partial charge in [0, 0.05) is 24.7 Å². The van der Waals surface area contributed by atoms with Crippen molar-refractivity contribution in [3.63, 3.8) is 0 Å². The molecular weight excluding hydrogens is 298 g/mol. The second-order valence-corrected chi connectivity index (χ2v) is 7.11. The molecule has 1 aromatic rings. The molecule has 0 amide bonds. The molecule has 1 heterocycles. The van der Waals surface area contributed by atoms with Crippen LogP contribution in [0.3, 0.4) is 0 Å². The fourth-order valence-corrected chi connectivity index (χ4v) is 3.00. The van der Waals surface area contributed by atoms with Crippen LogP contribution < -0.4 is 0 Å². The molecule has 0 unspecified atom stereocenters. The quantitative estimate of drug-likeness (QED) is 0.830. The van der Waals surface area contributed by atoms with Crippen LogP contribution in [0, 0.1) is 5.92 Å². The third kappa shape index (κ3) is 5.24. The van der Waals surface area contributed by atoms with Gasteiger partial charge in [-0.1, -0.05) is 37.6 Å². The van der Waals surface area contributed by atoms with Gasteiger partial charge in [0.25, 0.3) is 0 Å². The Morgan fingerprint density at radius 3 is 2.41 bits per heavy atom. The van der Waals surface area contributed by atoms with Crippen LogP contribution in [0.2, 0.25) is 5.02 Å². The van der Waals surface area contributed by atoms with Crippen molar-refractivity contribution in [2.45, 2.75) is 38.7 Å². The minimum absolute atomic E-state index is 0.585. The molecule has 22 heavy (non-hydrogen) atoms. The molecule has 1 aromatic carbocycles. The van der Waals surface area contributed by atoms with Crippen LogP contribution in [0.5, 0.6) is 0 Å². The number of morpholine rings is 1. The Hall–Kier alpha value is -0.610. The first-order chi connectivity index (χ1) is 10.5. The van der Waals surface area contributed by atoms with E-state index < -0.39 is 5.60 Å². The van der Waals surface area contributed by atoms with Gasteiger partial charge in [0.05, 0.1) is 18.8 Å². The van der Waals surface area contributed by atoms with Gasteiger partial charge in [-0.2, -0.15) is 0 Å². The first kappa shape index (κ1) is 17.7. The lowest BCUT2D eigenvalue weighted by Crippen LogP contribution is -2.40. The zero-order valence-corrected chi connectivity index (χ0v) is 14.5. The van der Waals surface area contributed by atoms with Gasteiger partial charge in [-0.3, -0.25) is 4.90 Å². The molecule has 1 N–H and O–H groups in total. The van der Waals surface area contributed by atoms with E-state index in [0.29, 0.717) is 10.9 Å². The van der Waals surface area contributed by atoms with Gasteiger partial charge < -0.3 is 9.84 Å². The van der Waals surface area contributed by atoms with Crippen LogP contribution in [0.15, 0.2) is 24.3 Å². The van der Waals surface area contributed by atoms with Crippen molar-refractivity contribution in [1.82, 2.24) is 4.90 Å². The van der Waals surface area contributed by atoms with Crippen molar-refractivity contribution in [1.29, 1.82) is 0 Å². The third-order valence-corrected chi connectivity index (χ3v) is 4.71. The lowest BCUT2D eigenvalue weighted by atomic mass is 9.84. The Kier molecular flexibility index (Phi) is 6.69. The molecule has 0 spiro atoms. The van der Waals surface area contributed by atoms with Crippen LogP contribution in [-0.2, 0) is 10.3 Å². The Bertz CT molecular complexity index is 443. The first-order valence-electron chi connectivity index (χ1n) is 8.28. The van der Waals surface area contributed by atoms with Gasteiger partial charge in [-0.05, 0) is 42.9 Å². The van der Waals surface area contributed by atoms with E-state index in [9.17, 15) is 5.11 Å². The van der Waals surface area contributed by atoms with Gasteiger partial charge in [0.1, 0.15) is 0 Å². The zero-order valence-electron chi connectivity index (χ0n) is 13.7. The lowest BCUT2D eigenvalue weighted by Gasteiger charge is -2.34. The standard InChI is InChI=1S/C18H28ClNO2/c1-15(2)7-8-18(21,16-3-5-17(19)6-4-16)9-10-20-11-13-22-14-12-20/h3-6,15,21H,7-14H2,1-2H3/t18-/m1/s1. The molecule has 1 fully saturated rings. The summed E-state index contributed by atoms with van der Waals surface area (Å²) in [6.45, 7) is 8.81. The largest absolute Gasteiger partial charge is 0.385 e. The van der Waals surface area contributed by atoms with E-state index >= 15 is 0 Å². The Labute approximate surface area is 139 Å². The minimum atomic E-state index is -0.771. The maximum Gasteiger partial charge on any atom is 0.0908 e. The summed E-state index contributed by atoms with van der Waals surface area (Å²) >= 11 is 5.98. The summed E-state index contributed by atoms with van der Waals surface area (Å²) in [4.78, 5) is 2.37. The molecule has 124 valence electrons. The van der Waals surface area contributed by atoms with Crippen molar-refractivity contribution in [2.24, 2.45) is 5.92 Å². The molecule has 0 aliphatic carbocycles. The maximum absolute atomic E-state index is 11.3. The van der Waals surface area contributed by atoms with Crippen molar-refractivity contribution in [3.05, 3.63) is 34.9 Å². The molecule has 1 atom stereocenters. The number of halogens is 1. The van der Waals surface area contributed by atoms with Crippen LogP contribution in [0.25, 0.3) is 0 Å². The summed E-state index contributed by atoms with van der Waals surface area (Å²) in [7, 11) is 0. The molecule has 1 saturated heterocycles. The molecule has 1 aliphatic rings.